The SMILES string of the molecule is CC1CCC(C(=O)O)C(c2ccc(Cl)c(Cl)c2)C1. The molecule has 3 atom stereocenters. The number of rotatable bonds is 2. The molecule has 0 aliphatic heterocycles. The van der Waals surface area contributed by atoms with Gasteiger partial charge in [0.25, 0.3) is 0 Å². The van der Waals surface area contributed by atoms with Gasteiger partial charge in [-0.05, 0) is 48.8 Å². The van der Waals surface area contributed by atoms with E-state index < -0.39 is 5.97 Å². The summed E-state index contributed by atoms with van der Waals surface area (Å²) in [7, 11) is 0. The fourth-order valence-corrected chi connectivity index (χ4v) is 3.09. The molecule has 98 valence electrons. The predicted molar refractivity (Wildman–Crippen MR) is 73.3 cm³/mol. The van der Waals surface area contributed by atoms with Crippen LogP contribution in [0.25, 0.3) is 0 Å². The van der Waals surface area contributed by atoms with Crippen LogP contribution in [0.5, 0.6) is 0 Å². The van der Waals surface area contributed by atoms with Crippen molar-refractivity contribution in [2.45, 2.75) is 32.1 Å². The van der Waals surface area contributed by atoms with Crippen LogP contribution in [0.2, 0.25) is 10.0 Å². The van der Waals surface area contributed by atoms with Gasteiger partial charge in [0.2, 0.25) is 0 Å². The van der Waals surface area contributed by atoms with E-state index in [2.05, 4.69) is 6.92 Å². The Morgan fingerprint density at radius 3 is 2.61 bits per heavy atom. The predicted octanol–water partition coefficient (Wildman–Crippen LogP) is 4.60. The third kappa shape index (κ3) is 2.81. The quantitative estimate of drug-likeness (QED) is 0.863. The summed E-state index contributed by atoms with van der Waals surface area (Å²) >= 11 is 11.9. The highest BCUT2D eigenvalue weighted by Crippen LogP contribution is 2.41. The van der Waals surface area contributed by atoms with E-state index in [1.54, 1.807) is 6.07 Å². The van der Waals surface area contributed by atoms with E-state index in [9.17, 15) is 9.90 Å². The zero-order valence-electron chi connectivity index (χ0n) is 10.2. The third-order valence-electron chi connectivity index (χ3n) is 3.80. The second-order valence-electron chi connectivity index (χ2n) is 5.14. The van der Waals surface area contributed by atoms with Crippen LogP contribution in [-0.4, -0.2) is 11.1 Å². The van der Waals surface area contributed by atoms with Crippen LogP contribution in [0.4, 0.5) is 0 Å². The molecule has 3 unspecified atom stereocenters. The van der Waals surface area contributed by atoms with Gasteiger partial charge >= 0.3 is 5.97 Å². The highest BCUT2D eigenvalue weighted by atomic mass is 35.5. The van der Waals surface area contributed by atoms with Crippen LogP contribution in [0.15, 0.2) is 18.2 Å². The van der Waals surface area contributed by atoms with E-state index in [1.807, 2.05) is 12.1 Å². The summed E-state index contributed by atoms with van der Waals surface area (Å²) < 4.78 is 0. The molecule has 0 spiro atoms. The van der Waals surface area contributed by atoms with E-state index >= 15 is 0 Å². The van der Waals surface area contributed by atoms with Crippen molar-refractivity contribution in [2.24, 2.45) is 11.8 Å². The fourth-order valence-electron chi connectivity index (χ4n) is 2.79. The first-order chi connectivity index (χ1) is 8.49. The number of hydrogen-bond acceptors (Lipinski definition) is 1. The molecule has 0 bridgehead atoms. The van der Waals surface area contributed by atoms with Crippen LogP contribution in [0, 0.1) is 11.8 Å². The van der Waals surface area contributed by atoms with Crippen molar-refractivity contribution in [1.82, 2.24) is 0 Å². The van der Waals surface area contributed by atoms with Crippen LogP contribution < -0.4 is 0 Å². The van der Waals surface area contributed by atoms with Crippen LogP contribution in [0.1, 0.15) is 37.7 Å². The summed E-state index contributed by atoms with van der Waals surface area (Å²) in [6.45, 7) is 2.17. The molecule has 4 heteroatoms. The molecule has 0 heterocycles. The smallest absolute Gasteiger partial charge is 0.307 e. The highest BCUT2D eigenvalue weighted by molar-refractivity contribution is 6.42. The molecular weight excluding hydrogens is 271 g/mol. The van der Waals surface area contributed by atoms with Crippen molar-refractivity contribution in [3.63, 3.8) is 0 Å². The minimum atomic E-state index is -0.710. The third-order valence-corrected chi connectivity index (χ3v) is 4.54. The number of aliphatic carboxylic acids is 1. The summed E-state index contributed by atoms with van der Waals surface area (Å²) in [5.41, 5.74) is 0.989. The number of carboxylic acid groups (broad SMARTS) is 1. The van der Waals surface area contributed by atoms with Crippen molar-refractivity contribution in [3.8, 4) is 0 Å². The molecule has 18 heavy (non-hydrogen) atoms. The van der Waals surface area contributed by atoms with E-state index in [4.69, 9.17) is 23.2 Å². The van der Waals surface area contributed by atoms with Crippen LogP contribution in [0.3, 0.4) is 0 Å². The summed E-state index contributed by atoms with van der Waals surface area (Å²) in [6.07, 6.45) is 2.62. The molecule has 1 N–H and O–H groups in total. The molecule has 1 aliphatic rings. The van der Waals surface area contributed by atoms with Gasteiger partial charge in [0.1, 0.15) is 0 Å². The Hall–Kier alpha value is -0.730. The molecule has 1 aromatic carbocycles. The van der Waals surface area contributed by atoms with E-state index in [0.717, 1.165) is 24.8 Å². The molecule has 1 saturated carbocycles. The standard InChI is InChI=1S/C14H16Cl2O2/c1-8-2-4-10(14(17)18)11(6-8)9-3-5-12(15)13(16)7-9/h3,5,7-8,10-11H,2,4,6H2,1H3,(H,17,18). The van der Waals surface area contributed by atoms with E-state index in [0.29, 0.717) is 16.0 Å². The number of halogens is 2. The fraction of sp³-hybridized carbons (Fsp3) is 0.500. The first kappa shape index (κ1) is 13.7. The lowest BCUT2D eigenvalue weighted by Gasteiger charge is -2.32. The molecule has 0 radical (unpaired) electrons. The molecule has 2 rings (SSSR count). The summed E-state index contributed by atoms with van der Waals surface area (Å²) in [4.78, 5) is 11.3. The number of carboxylic acids is 1. The zero-order chi connectivity index (χ0) is 13.3. The maximum atomic E-state index is 11.3. The lowest BCUT2D eigenvalue weighted by Crippen LogP contribution is -2.28. The average Bonchev–Trinajstić information content (AvgIpc) is 2.32. The lowest BCUT2D eigenvalue weighted by molar-refractivity contribution is -0.143. The molecule has 0 saturated heterocycles. The van der Waals surface area contributed by atoms with Crippen LogP contribution in [-0.2, 0) is 4.79 Å². The molecule has 0 amide bonds. The Morgan fingerprint density at radius 2 is 2.00 bits per heavy atom. The zero-order valence-corrected chi connectivity index (χ0v) is 11.7. The highest BCUT2D eigenvalue weighted by Gasteiger charge is 2.34. The summed E-state index contributed by atoms with van der Waals surface area (Å²) in [5, 5.41) is 10.3. The van der Waals surface area contributed by atoms with Crippen molar-refractivity contribution in [2.75, 3.05) is 0 Å². The Kier molecular flexibility index (Phi) is 4.18. The van der Waals surface area contributed by atoms with Gasteiger partial charge < -0.3 is 5.11 Å². The Balaban J connectivity index is 2.31. The Morgan fingerprint density at radius 1 is 1.28 bits per heavy atom. The molecular formula is C14H16Cl2O2. The molecule has 2 nitrogen and oxygen atoms in total. The van der Waals surface area contributed by atoms with E-state index in [-0.39, 0.29) is 11.8 Å². The van der Waals surface area contributed by atoms with Gasteiger partial charge in [-0.1, -0.05) is 36.2 Å². The maximum Gasteiger partial charge on any atom is 0.307 e. The van der Waals surface area contributed by atoms with Gasteiger partial charge in [-0.15, -0.1) is 0 Å². The number of carbonyl (C=O) groups is 1. The first-order valence-electron chi connectivity index (χ1n) is 6.16. The number of hydrogen-bond donors (Lipinski definition) is 1. The monoisotopic (exact) mass is 286 g/mol. The molecule has 0 aromatic heterocycles. The van der Waals surface area contributed by atoms with Crippen molar-refractivity contribution in [3.05, 3.63) is 33.8 Å². The first-order valence-corrected chi connectivity index (χ1v) is 6.92. The largest absolute Gasteiger partial charge is 0.481 e. The molecule has 1 aromatic rings. The van der Waals surface area contributed by atoms with Gasteiger partial charge in [-0.25, -0.2) is 0 Å². The van der Waals surface area contributed by atoms with Gasteiger partial charge in [-0.2, -0.15) is 0 Å². The minimum absolute atomic E-state index is 0.0426. The van der Waals surface area contributed by atoms with Gasteiger partial charge in [0, 0.05) is 0 Å². The second kappa shape index (κ2) is 5.50. The summed E-state index contributed by atoms with van der Waals surface area (Å²) in [5.74, 6) is -0.419. The average molecular weight is 287 g/mol. The van der Waals surface area contributed by atoms with Crippen molar-refractivity contribution < 1.29 is 9.90 Å². The topological polar surface area (TPSA) is 37.3 Å². The molecule has 1 aliphatic carbocycles. The van der Waals surface area contributed by atoms with Gasteiger partial charge in [0.05, 0.1) is 16.0 Å². The van der Waals surface area contributed by atoms with Crippen molar-refractivity contribution >= 4 is 29.2 Å². The van der Waals surface area contributed by atoms with Gasteiger partial charge in [-0.3, -0.25) is 4.79 Å². The lowest BCUT2D eigenvalue weighted by atomic mass is 9.71. The summed E-state index contributed by atoms with van der Waals surface area (Å²) in [6, 6.07) is 5.45. The van der Waals surface area contributed by atoms with Crippen LogP contribution >= 0.6 is 23.2 Å². The maximum absolute atomic E-state index is 11.3. The minimum Gasteiger partial charge on any atom is -0.481 e. The second-order valence-corrected chi connectivity index (χ2v) is 5.96. The Bertz CT molecular complexity index is 459. The Labute approximate surface area is 117 Å². The van der Waals surface area contributed by atoms with Crippen molar-refractivity contribution in [1.29, 1.82) is 0 Å². The molecule has 1 fully saturated rings. The van der Waals surface area contributed by atoms with Gasteiger partial charge in [0.15, 0.2) is 0 Å². The number of benzene rings is 1. The normalized spacial score (nSPS) is 28.1. The van der Waals surface area contributed by atoms with E-state index in [1.165, 1.54) is 0 Å².